The lowest BCUT2D eigenvalue weighted by Gasteiger charge is -2.30. The summed E-state index contributed by atoms with van der Waals surface area (Å²) in [6.07, 6.45) is -1.91. The van der Waals surface area contributed by atoms with Crippen LogP contribution in [-0.2, 0) is 78.3 Å². The molecule has 3 heterocycles. The summed E-state index contributed by atoms with van der Waals surface area (Å²) >= 11 is 3.90. The van der Waals surface area contributed by atoms with Gasteiger partial charge in [-0.3, -0.25) is 77.1 Å². The van der Waals surface area contributed by atoms with Crippen molar-refractivity contribution >= 4 is 124 Å². The number of H-pyrrole nitrogens is 1. The minimum absolute atomic E-state index is 0.00221. The zero-order chi connectivity index (χ0) is 78.2. The molecule has 0 saturated carbocycles. The van der Waals surface area contributed by atoms with Crippen LogP contribution in [0, 0.1) is 0 Å². The second kappa shape index (κ2) is 43.6. The third kappa shape index (κ3) is 28.3. The van der Waals surface area contributed by atoms with Crippen LogP contribution in [0.25, 0.3) is 10.9 Å². The van der Waals surface area contributed by atoms with Gasteiger partial charge in [-0.05, 0) is 109 Å². The number of aliphatic hydroxyl groups excluding tert-OH is 2. The Morgan fingerprint density at radius 3 is 1.57 bits per heavy atom. The Balaban J connectivity index is 1.53. The first kappa shape index (κ1) is 86.9. The topological polar surface area (TPSA) is 681 Å². The smallest absolute Gasteiger partial charge is 0.327 e. The van der Waals surface area contributed by atoms with Gasteiger partial charge in [-0.2, -0.15) is 12.6 Å². The highest BCUT2D eigenvalue weighted by Crippen LogP contribution is 2.24. The molecule has 41 nitrogen and oxygen atoms in total. The Kier molecular flexibility index (Phi) is 36.1. The Bertz CT molecular complexity index is 3460. The highest BCUT2D eigenvalue weighted by molar-refractivity contribution is 7.80. The number of nitrogens with zero attached hydrogens (tertiary/aromatic N) is 4. The fraction of sp³-hybridized carbons (Fsp3) is 0.603. The van der Waals surface area contributed by atoms with Gasteiger partial charge < -0.3 is 128 Å². The van der Waals surface area contributed by atoms with Gasteiger partial charge in [0.25, 0.3) is 0 Å². The SMILES string of the molecule is C[C@H](N)C(=O)N1CCC[C@H]1C(=O)N[C@@H](CCC(=O)O)C(=O)N[C@@H](Cc1c[nH]c2ccccc12)C(=O)N1CCC[C@H]1C(=O)NCC(=O)N[C@@H](CO)C(=O)N[C@@H](CCCN=C(N)N)C(=O)N[C@@H](CC(=O)O)C(=O)N[C@@H](CCCCN)C(=O)N[C@@H](CCCN=C(N)N)C(=O)N[C@H](C(=O)N[C@@H](CS)C(=O)O)[C@@H](C)O. The fourth-order valence-corrected chi connectivity index (χ4v) is 11.7. The normalized spacial score (nSPS) is 17.1. The van der Waals surface area contributed by atoms with Crippen molar-refractivity contribution in [1.29, 1.82) is 0 Å². The number of nitrogens with two attached hydrogens (primary N) is 6. The molecule has 2 aromatic rings. The number of aliphatic imine (C=N–C) groups is 2. The molecule has 2 aliphatic heterocycles. The van der Waals surface area contributed by atoms with E-state index in [0.29, 0.717) is 22.9 Å². The molecule has 13 atom stereocenters. The van der Waals surface area contributed by atoms with Crippen LogP contribution in [0.3, 0.4) is 0 Å². The van der Waals surface area contributed by atoms with Crippen LogP contribution in [0.5, 0.6) is 0 Å². The van der Waals surface area contributed by atoms with Gasteiger partial charge in [-0.1, -0.05) is 18.2 Å². The Hall–Kier alpha value is -10.5. The van der Waals surface area contributed by atoms with Gasteiger partial charge in [0, 0.05) is 61.9 Å². The van der Waals surface area contributed by atoms with E-state index >= 15 is 0 Å². The number of hydrogen-bond acceptors (Lipinski definition) is 22. The number of fused-ring (bicyclic) bond motifs is 1. The minimum atomic E-state index is -2.03. The summed E-state index contributed by atoms with van der Waals surface area (Å²) in [7, 11) is 0. The number of para-hydroxylation sites is 1. The van der Waals surface area contributed by atoms with Crippen molar-refractivity contribution in [2.45, 2.75) is 189 Å². The van der Waals surface area contributed by atoms with Crippen LogP contribution in [0.2, 0.25) is 0 Å². The summed E-state index contributed by atoms with van der Waals surface area (Å²) < 4.78 is 0. The standard InChI is InChI=1S/C63H99N21O20S/c1-31(65)59(101)83-23-10-17-45(83)57(99)78-39(18-19-47(88)89)52(94)80-41(25-33-27-72-35-12-4-3-11-34(33)35)60(102)84-24-9-16-44(84)56(98)73-28-46(87)74-42(29-85)55(97)77-37(14-7-21-70-62(66)67)51(93)79-40(26-48(90)91)54(96)76-36(13-5-6-20-64)50(92)75-38(15-8-22-71-63(68)69)53(95)82-49(32(2)86)58(100)81-43(30-105)61(103)104/h3-4,11-12,27,31-32,36-45,49,72,85-86,105H,5-10,13-26,28-30,64-65H2,1-2H3,(H,73,98)(H,74,87)(H,75,92)(H,76,96)(H,77,97)(H,78,99)(H,79,93)(H,80,94)(H,81,100)(H,82,95)(H,88,89)(H,90,91)(H,103,104)(H4,66,67,70)(H4,68,69,71)/t31-,32+,36-,37-,38-,39-,40-,41-,42-,43-,44-,45-,49-/m0/s1. The molecule has 42 heteroatoms. The summed E-state index contributed by atoms with van der Waals surface area (Å²) in [5.41, 5.74) is 34.6. The van der Waals surface area contributed by atoms with E-state index in [0.717, 1.165) is 6.92 Å². The maximum atomic E-state index is 14.8. The molecule has 2 aliphatic rings. The third-order valence-electron chi connectivity index (χ3n) is 16.9. The number of aromatic nitrogens is 1. The van der Waals surface area contributed by atoms with Gasteiger partial charge >= 0.3 is 17.9 Å². The Morgan fingerprint density at radius 1 is 0.581 bits per heavy atom. The van der Waals surface area contributed by atoms with Crippen molar-refractivity contribution in [3.63, 3.8) is 0 Å². The van der Waals surface area contributed by atoms with E-state index in [9.17, 15) is 97.5 Å². The van der Waals surface area contributed by atoms with Crippen molar-refractivity contribution in [1.82, 2.24) is 68.0 Å². The Morgan fingerprint density at radius 2 is 1.07 bits per heavy atom. The fourth-order valence-electron chi connectivity index (χ4n) is 11.5. The van der Waals surface area contributed by atoms with E-state index in [4.69, 9.17) is 34.4 Å². The van der Waals surface area contributed by atoms with Crippen LogP contribution in [0.15, 0.2) is 40.4 Å². The first-order valence-electron chi connectivity index (χ1n) is 34.0. The molecule has 0 unspecified atom stereocenters. The molecule has 0 aliphatic carbocycles. The summed E-state index contributed by atoms with van der Waals surface area (Å²) in [6.45, 7) is 0.597. The number of nitrogens with one attached hydrogen (secondary N) is 11. The zero-order valence-electron chi connectivity index (χ0n) is 58.2. The summed E-state index contributed by atoms with van der Waals surface area (Å²) in [5, 5.41) is 74.4. The van der Waals surface area contributed by atoms with Gasteiger partial charge in [0.2, 0.25) is 70.9 Å². The molecule has 0 radical (unpaired) electrons. The number of carbonyl (C=O) groups is 15. The molecule has 582 valence electrons. The van der Waals surface area contributed by atoms with Gasteiger partial charge in [-0.25, -0.2) is 4.79 Å². The third-order valence-corrected chi connectivity index (χ3v) is 17.3. The molecule has 4 rings (SSSR count). The van der Waals surface area contributed by atoms with Crippen LogP contribution < -0.4 is 87.6 Å². The number of rotatable bonds is 45. The maximum absolute atomic E-state index is 14.8. The van der Waals surface area contributed by atoms with Gasteiger partial charge in [0.05, 0.1) is 31.7 Å². The van der Waals surface area contributed by atoms with Crippen molar-refractivity contribution in [2.75, 3.05) is 51.6 Å². The molecule has 105 heavy (non-hydrogen) atoms. The molecule has 28 N–H and O–H groups in total. The number of likely N-dealkylation sites (tertiary alicyclic amines) is 2. The van der Waals surface area contributed by atoms with Crippen LogP contribution >= 0.6 is 12.6 Å². The average molecular weight is 1500 g/mol. The van der Waals surface area contributed by atoms with Gasteiger partial charge in [0.15, 0.2) is 11.9 Å². The predicted octanol–water partition coefficient (Wildman–Crippen LogP) is -8.52. The van der Waals surface area contributed by atoms with Crippen LogP contribution in [0.1, 0.15) is 109 Å². The lowest BCUT2D eigenvalue weighted by molar-refractivity contribution is -0.143. The molecule has 12 amide bonds. The first-order chi connectivity index (χ1) is 49.7. The summed E-state index contributed by atoms with van der Waals surface area (Å²) in [6, 6.07) is -11.4. The van der Waals surface area contributed by atoms with Gasteiger partial charge in [0.1, 0.15) is 66.5 Å². The zero-order valence-corrected chi connectivity index (χ0v) is 59.1. The summed E-state index contributed by atoms with van der Waals surface area (Å²) in [4.78, 5) is 216. The lowest BCUT2D eigenvalue weighted by Crippen LogP contribution is -2.61. The van der Waals surface area contributed by atoms with Crippen molar-refractivity contribution < 1.29 is 97.5 Å². The van der Waals surface area contributed by atoms with Crippen LogP contribution in [0.4, 0.5) is 0 Å². The number of unbranched alkanes of at least 4 members (excludes halogenated alkanes) is 1. The number of aromatic amines is 1. The number of thiol groups is 1. The minimum Gasteiger partial charge on any atom is -0.481 e. The highest BCUT2D eigenvalue weighted by atomic mass is 32.1. The molecule has 0 spiro atoms. The predicted molar refractivity (Wildman–Crippen MR) is 378 cm³/mol. The number of carboxylic acids is 3. The lowest BCUT2D eigenvalue weighted by atomic mass is 10.0. The number of amides is 12. The van der Waals surface area contributed by atoms with E-state index in [1.165, 1.54) is 16.7 Å². The molecule has 2 saturated heterocycles. The van der Waals surface area contributed by atoms with E-state index in [2.05, 4.69) is 80.8 Å². The Labute approximate surface area is 608 Å². The molecule has 0 bridgehead atoms. The molecular formula is C63H99N21O20S. The summed E-state index contributed by atoms with van der Waals surface area (Å²) in [5.74, 6) is -17.5. The number of carbonyl (C=O) groups excluding carboxylic acids is 12. The molecule has 1 aromatic carbocycles. The second-order valence-corrected chi connectivity index (χ2v) is 25.5. The van der Waals surface area contributed by atoms with Crippen LogP contribution in [-0.4, -0.2) is 271 Å². The van der Waals surface area contributed by atoms with E-state index in [-0.39, 0.29) is 121 Å². The van der Waals surface area contributed by atoms with Gasteiger partial charge in [-0.15, -0.1) is 0 Å². The first-order valence-corrected chi connectivity index (χ1v) is 34.6. The van der Waals surface area contributed by atoms with E-state index in [1.54, 1.807) is 30.5 Å². The number of aliphatic hydroxyl groups is 2. The van der Waals surface area contributed by atoms with E-state index < -0.39 is 200 Å². The van der Waals surface area contributed by atoms with E-state index in [1.807, 2.05) is 0 Å². The second-order valence-electron chi connectivity index (χ2n) is 25.1. The number of guanidine groups is 2. The monoisotopic (exact) mass is 1500 g/mol. The molecule has 1 aromatic heterocycles. The number of carboxylic acid groups (broad SMARTS) is 3. The average Bonchev–Trinajstić information content (AvgIpc) is 1.70. The largest absolute Gasteiger partial charge is 0.481 e. The molecule has 2 fully saturated rings. The van der Waals surface area contributed by atoms with Crippen molar-refractivity contribution in [2.24, 2.45) is 44.4 Å². The maximum Gasteiger partial charge on any atom is 0.327 e. The number of benzene rings is 1. The number of hydrogen-bond donors (Lipinski definition) is 23. The number of aliphatic carboxylic acids is 3. The van der Waals surface area contributed by atoms with Crippen molar-refractivity contribution in [3.8, 4) is 0 Å². The highest BCUT2D eigenvalue weighted by Gasteiger charge is 2.42. The van der Waals surface area contributed by atoms with Crippen molar-refractivity contribution in [3.05, 3.63) is 36.0 Å². The molecular weight excluding hydrogens is 1400 g/mol. The quantitative estimate of drug-likeness (QED) is 0.0127.